The zero-order valence-corrected chi connectivity index (χ0v) is 14.5. The second-order valence-corrected chi connectivity index (χ2v) is 6.32. The van der Waals surface area contributed by atoms with Crippen LogP contribution in [0.1, 0.15) is 22.3 Å². The quantitative estimate of drug-likeness (QED) is 0.541. The molecule has 1 fully saturated rings. The number of nitro benzene ring substituents is 1. The standard InChI is InChI=1S/C19H20N2O6/c22-19(23)14-6-7-18(17(8-14)21(24)25)27-12-15-9-16(10-20-15)26-11-13-4-2-1-3-5-13/h1-8,15-16,20H,9-12H2,(H,22,23). The van der Waals surface area contributed by atoms with E-state index in [9.17, 15) is 14.9 Å². The van der Waals surface area contributed by atoms with Crippen molar-refractivity contribution in [2.45, 2.75) is 25.2 Å². The molecule has 2 unspecified atom stereocenters. The lowest BCUT2D eigenvalue weighted by atomic mass is 10.2. The maximum absolute atomic E-state index is 11.2. The average molecular weight is 372 g/mol. The molecule has 142 valence electrons. The first-order valence-electron chi connectivity index (χ1n) is 8.56. The Labute approximate surface area is 155 Å². The number of rotatable bonds is 8. The molecule has 0 amide bonds. The van der Waals surface area contributed by atoms with Gasteiger partial charge in [0, 0.05) is 18.7 Å². The predicted octanol–water partition coefficient (Wildman–Crippen LogP) is 2.62. The number of benzene rings is 2. The summed E-state index contributed by atoms with van der Waals surface area (Å²) in [4.78, 5) is 21.5. The van der Waals surface area contributed by atoms with Gasteiger partial charge < -0.3 is 19.9 Å². The van der Waals surface area contributed by atoms with Crippen molar-refractivity contribution in [1.29, 1.82) is 0 Å². The van der Waals surface area contributed by atoms with E-state index < -0.39 is 10.9 Å². The lowest BCUT2D eigenvalue weighted by molar-refractivity contribution is -0.385. The zero-order chi connectivity index (χ0) is 19.2. The molecule has 8 heteroatoms. The van der Waals surface area contributed by atoms with E-state index in [0.717, 1.165) is 18.1 Å². The first kappa shape index (κ1) is 18.8. The summed E-state index contributed by atoms with van der Waals surface area (Å²) in [5, 5.41) is 23.4. The van der Waals surface area contributed by atoms with Crippen molar-refractivity contribution in [2.24, 2.45) is 0 Å². The van der Waals surface area contributed by atoms with Gasteiger partial charge in [0.25, 0.3) is 0 Å². The zero-order valence-electron chi connectivity index (χ0n) is 14.5. The molecule has 0 aromatic heterocycles. The lowest BCUT2D eigenvalue weighted by Gasteiger charge is -2.13. The fourth-order valence-corrected chi connectivity index (χ4v) is 2.93. The molecule has 2 aromatic carbocycles. The van der Waals surface area contributed by atoms with Gasteiger partial charge in [-0.05, 0) is 24.1 Å². The minimum absolute atomic E-state index is 0.00419. The van der Waals surface area contributed by atoms with Gasteiger partial charge in [0.2, 0.25) is 0 Å². The normalized spacial score (nSPS) is 19.0. The van der Waals surface area contributed by atoms with Gasteiger partial charge in [-0.25, -0.2) is 4.79 Å². The number of carbonyl (C=O) groups is 1. The van der Waals surface area contributed by atoms with Crippen molar-refractivity contribution >= 4 is 11.7 Å². The number of carboxylic acid groups (broad SMARTS) is 1. The van der Waals surface area contributed by atoms with Crippen LogP contribution in [0, 0.1) is 10.1 Å². The molecule has 0 radical (unpaired) electrons. The first-order valence-corrected chi connectivity index (χ1v) is 8.56. The second-order valence-electron chi connectivity index (χ2n) is 6.32. The Morgan fingerprint density at radius 1 is 1.26 bits per heavy atom. The summed E-state index contributed by atoms with van der Waals surface area (Å²) in [6.45, 7) is 1.45. The van der Waals surface area contributed by atoms with Gasteiger partial charge in [-0.1, -0.05) is 30.3 Å². The number of nitro groups is 1. The summed E-state index contributed by atoms with van der Waals surface area (Å²) in [7, 11) is 0. The van der Waals surface area contributed by atoms with E-state index in [-0.39, 0.29) is 35.8 Å². The van der Waals surface area contributed by atoms with Crippen LogP contribution < -0.4 is 10.1 Å². The summed E-state index contributed by atoms with van der Waals surface area (Å²) in [5.74, 6) is -1.17. The van der Waals surface area contributed by atoms with Crippen LogP contribution in [0.4, 0.5) is 5.69 Å². The van der Waals surface area contributed by atoms with Crippen molar-refractivity contribution in [2.75, 3.05) is 13.2 Å². The summed E-state index contributed by atoms with van der Waals surface area (Å²) >= 11 is 0. The van der Waals surface area contributed by atoms with Crippen LogP contribution >= 0.6 is 0 Å². The SMILES string of the molecule is O=C(O)c1ccc(OCC2CC(OCc3ccccc3)CN2)c([N+](=O)[O-])c1. The van der Waals surface area contributed by atoms with E-state index in [1.165, 1.54) is 12.1 Å². The maximum Gasteiger partial charge on any atom is 0.335 e. The van der Waals surface area contributed by atoms with Crippen LogP contribution in [-0.4, -0.2) is 41.3 Å². The van der Waals surface area contributed by atoms with Gasteiger partial charge in [0.1, 0.15) is 6.61 Å². The highest BCUT2D eigenvalue weighted by molar-refractivity contribution is 5.88. The Hall–Kier alpha value is -2.97. The number of ether oxygens (including phenoxy) is 2. The molecule has 27 heavy (non-hydrogen) atoms. The van der Waals surface area contributed by atoms with Crippen molar-refractivity contribution in [3.8, 4) is 5.75 Å². The fraction of sp³-hybridized carbons (Fsp3) is 0.316. The minimum Gasteiger partial charge on any atom is -0.485 e. The number of nitrogens with zero attached hydrogens (tertiary/aromatic N) is 1. The summed E-state index contributed by atoms with van der Waals surface area (Å²) in [6, 6.07) is 13.5. The third kappa shape index (κ3) is 5.02. The van der Waals surface area contributed by atoms with E-state index in [2.05, 4.69) is 5.32 Å². The summed E-state index contributed by atoms with van der Waals surface area (Å²) in [6.07, 6.45) is 0.775. The molecular weight excluding hydrogens is 352 g/mol. The molecule has 1 aliphatic rings. The minimum atomic E-state index is -1.22. The molecule has 2 atom stereocenters. The lowest BCUT2D eigenvalue weighted by Crippen LogP contribution is -2.28. The largest absolute Gasteiger partial charge is 0.485 e. The summed E-state index contributed by atoms with van der Waals surface area (Å²) < 4.78 is 11.5. The number of aromatic carboxylic acids is 1. The topological polar surface area (TPSA) is 111 Å². The molecule has 0 bridgehead atoms. The highest BCUT2D eigenvalue weighted by Crippen LogP contribution is 2.28. The average Bonchev–Trinajstić information content (AvgIpc) is 3.13. The van der Waals surface area contributed by atoms with Gasteiger partial charge in [-0.15, -0.1) is 0 Å². The predicted molar refractivity (Wildman–Crippen MR) is 97.0 cm³/mol. The Bertz CT molecular complexity index is 811. The van der Waals surface area contributed by atoms with Gasteiger partial charge in [0.15, 0.2) is 5.75 Å². The Kier molecular flexibility index (Phi) is 6.00. The van der Waals surface area contributed by atoms with Gasteiger partial charge in [-0.3, -0.25) is 10.1 Å². The second kappa shape index (κ2) is 8.61. The van der Waals surface area contributed by atoms with E-state index >= 15 is 0 Å². The van der Waals surface area contributed by atoms with E-state index in [1.54, 1.807) is 0 Å². The van der Waals surface area contributed by atoms with Crippen LogP contribution in [0.5, 0.6) is 5.75 Å². The van der Waals surface area contributed by atoms with E-state index in [0.29, 0.717) is 13.2 Å². The van der Waals surface area contributed by atoms with Crippen molar-refractivity contribution in [3.63, 3.8) is 0 Å². The van der Waals surface area contributed by atoms with E-state index in [1.807, 2.05) is 30.3 Å². The van der Waals surface area contributed by atoms with Crippen molar-refractivity contribution in [3.05, 3.63) is 69.8 Å². The number of carboxylic acids is 1. The van der Waals surface area contributed by atoms with Crippen LogP contribution in [0.3, 0.4) is 0 Å². The Morgan fingerprint density at radius 2 is 2.04 bits per heavy atom. The number of hydrogen-bond acceptors (Lipinski definition) is 6. The molecule has 0 aliphatic carbocycles. The number of hydrogen-bond donors (Lipinski definition) is 2. The first-order chi connectivity index (χ1) is 13.0. The van der Waals surface area contributed by atoms with Crippen LogP contribution in [0.15, 0.2) is 48.5 Å². The smallest absolute Gasteiger partial charge is 0.335 e. The highest BCUT2D eigenvalue weighted by Gasteiger charge is 2.26. The molecule has 0 saturated carbocycles. The van der Waals surface area contributed by atoms with Gasteiger partial charge in [-0.2, -0.15) is 0 Å². The monoisotopic (exact) mass is 372 g/mol. The van der Waals surface area contributed by atoms with Gasteiger partial charge in [0.05, 0.1) is 23.2 Å². The molecule has 8 nitrogen and oxygen atoms in total. The van der Waals surface area contributed by atoms with Crippen LogP contribution in [0.2, 0.25) is 0 Å². The van der Waals surface area contributed by atoms with Gasteiger partial charge >= 0.3 is 11.7 Å². The van der Waals surface area contributed by atoms with E-state index in [4.69, 9.17) is 14.6 Å². The highest BCUT2D eigenvalue weighted by atomic mass is 16.6. The van der Waals surface area contributed by atoms with Crippen LogP contribution in [-0.2, 0) is 11.3 Å². The molecule has 1 saturated heterocycles. The molecule has 1 aliphatic heterocycles. The third-order valence-corrected chi connectivity index (χ3v) is 4.35. The Morgan fingerprint density at radius 3 is 2.74 bits per heavy atom. The third-order valence-electron chi connectivity index (χ3n) is 4.35. The molecule has 0 spiro atoms. The molecule has 3 rings (SSSR count). The Balaban J connectivity index is 1.52. The molecule has 1 heterocycles. The summed E-state index contributed by atoms with van der Waals surface area (Å²) in [5.41, 5.74) is 0.596. The maximum atomic E-state index is 11.2. The van der Waals surface area contributed by atoms with Crippen LogP contribution in [0.25, 0.3) is 0 Å². The fourth-order valence-electron chi connectivity index (χ4n) is 2.93. The molecule has 2 aromatic rings. The molecular formula is C19H20N2O6. The van der Waals surface area contributed by atoms with Crippen molar-refractivity contribution in [1.82, 2.24) is 5.32 Å². The molecule has 2 N–H and O–H groups in total. The number of nitrogens with one attached hydrogen (secondary N) is 1. The van der Waals surface area contributed by atoms with Crippen molar-refractivity contribution < 1.29 is 24.3 Å².